The fourth-order valence-electron chi connectivity index (χ4n) is 1.50. The van der Waals surface area contributed by atoms with Gasteiger partial charge in [0, 0.05) is 19.8 Å². The standard InChI is InChI=1S/C10H13F2N5.HI/c1-17-5-4-14-10(17)15-6-8-13-3-2-7(16-8)9(11)12;/h2-3,9H,4-6H2,1H3,(H,14,15);1H. The van der Waals surface area contributed by atoms with E-state index >= 15 is 0 Å². The number of alkyl halides is 2. The Morgan fingerprint density at radius 1 is 1.50 bits per heavy atom. The van der Waals surface area contributed by atoms with Crippen LogP contribution in [0.3, 0.4) is 0 Å². The van der Waals surface area contributed by atoms with Crippen molar-refractivity contribution in [3.05, 3.63) is 23.8 Å². The van der Waals surface area contributed by atoms with E-state index in [1.807, 2.05) is 11.9 Å². The van der Waals surface area contributed by atoms with Crippen LogP contribution in [0.2, 0.25) is 0 Å². The quantitative estimate of drug-likeness (QED) is 0.820. The first-order chi connectivity index (χ1) is 8.16. The number of rotatable bonds is 3. The third-order valence-electron chi connectivity index (χ3n) is 2.41. The molecule has 0 fully saturated rings. The minimum Gasteiger partial charge on any atom is -0.349 e. The highest BCUT2D eigenvalue weighted by Gasteiger charge is 2.13. The zero-order chi connectivity index (χ0) is 12.3. The predicted molar refractivity (Wildman–Crippen MR) is 74.2 cm³/mol. The molecular weight excluding hydrogens is 355 g/mol. The lowest BCUT2D eigenvalue weighted by Crippen LogP contribution is -2.35. The number of hydrogen-bond acceptors (Lipinski definition) is 5. The van der Waals surface area contributed by atoms with E-state index in [0.717, 1.165) is 19.0 Å². The highest BCUT2D eigenvalue weighted by molar-refractivity contribution is 14.0. The van der Waals surface area contributed by atoms with Crippen LogP contribution in [-0.2, 0) is 6.54 Å². The van der Waals surface area contributed by atoms with Gasteiger partial charge in [-0.15, -0.1) is 24.0 Å². The molecule has 1 aromatic heterocycles. The number of guanidine groups is 1. The van der Waals surface area contributed by atoms with E-state index in [-0.39, 0.29) is 29.7 Å². The van der Waals surface area contributed by atoms with Crippen LogP contribution in [0.4, 0.5) is 8.78 Å². The molecule has 1 aliphatic rings. The summed E-state index contributed by atoms with van der Waals surface area (Å²) in [6.45, 7) is 1.90. The van der Waals surface area contributed by atoms with Crippen LogP contribution < -0.4 is 5.32 Å². The summed E-state index contributed by atoms with van der Waals surface area (Å²) in [5, 5.41) is 3.02. The zero-order valence-electron chi connectivity index (χ0n) is 9.81. The summed E-state index contributed by atoms with van der Waals surface area (Å²) in [5.41, 5.74) is -0.251. The van der Waals surface area contributed by atoms with Crippen LogP contribution in [0.25, 0.3) is 0 Å². The topological polar surface area (TPSA) is 53.4 Å². The van der Waals surface area contributed by atoms with Gasteiger partial charge in [0.2, 0.25) is 0 Å². The first-order valence-corrected chi connectivity index (χ1v) is 5.26. The highest BCUT2D eigenvalue weighted by atomic mass is 127. The van der Waals surface area contributed by atoms with Crippen molar-refractivity contribution < 1.29 is 8.78 Å². The summed E-state index contributed by atoms with van der Waals surface area (Å²) in [6.07, 6.45) is -1.23. The van der Waals surface area contributed by atoms with Gasteiger partial charge in [-0.05, 0) is 6.07 Å². The van der Waals surface area contributed by atoms with Gasteiger partial charge in [0.05, 0.1) is 13.1 Å². The molecule has 0 bridgehead atoms. The molecule has 1 N–H and O–H groups in total. The second-order valence-electron chi connectivity index (χ2n) is 3.68. The average molecular weight is 369 g/mol. The fourth-order valence-corrected chi connectivity index (χ4v) is 1.50. The molecule has 18 heavy (non-hydrogen) atoms. The van der Waals surface area contributed by atoms with Gasteiger partial charge in [-0.1, -0.05) is 0 Å². The van der Waals surface area contributed by atoms with E-state index in [1.165, 1.54) is 12.3 Å². The minimum absolute atomic E-state index is 0. The fraction of sp³-hybridized carbons (Fsp3) is 0.500. The van der Waals surface area contributed by atoms with E-state index in [0.29, 0.717) is 12.4 Å². The number of hydrogen-bond donors (Lipinski definition) is 1. The Hall–Kier alpha value is -1.06. The lowest BCUT2D eigenvalue weighted by atomic mass is 10.4. The number of aromatic nitrogens is 2. The SMILES string of the molecule is CN1CCN=C1NCc1nccc(C(F)F)n1.I. The maximum Gasteiger partial charge on any atom is 0.280 e. The molecule has 0 saturated carbocycles. The van der Waals surface area contributed by atoms with E-state index in [4.69, 9.17) is 0 Å². The Kier molecular flexibility index (Phi) is 5.63. The molecule has 2 heterocycles. The zero-order valence-corrected chi connectivity index (χ0v) is 12.1. The van der Waals surface area contributed by atoms with E-state index < -0.39 is 6.43 Å². The molecule has 0 aliphatic carbocycles. The second-order valence-corrected chi connectivity index (χ2v) is 3.68. The van der Waals surface area contributed by atoms with Gasteiger partial charge in [0.25, 0.3) is 6.43 Å². The van der Waals surface area contributed by atoms with Crippen molar-refractivity contribution in [3.63, 3.8) is 0 Å². The molecular formula is C10H14F2IN5. The summed E-state index contributed by atoms with van der Waals surface area (Å²) in [6, 6.07) is 1.22. The van der Waals surface area contributed by atoms with Gasteiger partial charge in [0.15, 0.2) is 5.96 Å². The van der Waals surface area contributed by atoms with Gasteiger partial charge in [-0.3, -0.25) is 4.99 Å². The van der Waals surface area contributed by atoms with Crippen LogP contribution in [0.1, 0.15) is 17.9 Å². The second kappa shape index (κ2) is 6.76. The average Bonchev–Trinajstić information content (AvgIpc) is 2.72. The summed E-state index contributed by atoms with van der Waals surface area (Å²) in [4.78, 5) is 13.9. The van der Waals surface area contributed by atoms with Crippen molar-refractivity contribution >= 4 is 29.9 Å². The lowest BCUT2D eigenvalue weighted by Gasteiger charge is -2.14. The van der Waals surface area contributed by atoms with Crippen molar-refractivity contribution in [2.75, 3.05) is 20.1 Å². The van der Waals surface area contributed by atoms with Crippen LogP contribution in [0.15, 0.2) is 17.3 Å². The molecule has 100 valence electrons. The van der Waals surface area contributed by atoms with Crippen molar-refractivity contribution in [2.24, 2.45) is 4.99 Å². The largest absolute Gasteiger partial charge is 0.349 e. The Balaban J connectivity index is 0.00000162. The van der Waals surface area contributed by atoms with Gasteiger partial charge < -0.3 is 10.2 Å². The number of halogens is 3. The van der Waals surface area contributed by atoms with Crippen molar-refractivity contribution in [1.29, 1.82) is 0 Å². The Morgan fingerprint density at radius 2 is 2.28 bits per heavy atom. The normalized spacial score (nSPS) is 14.4. The predicted octanol–water partition coefficient (Wildman–Crippen LogP) is 1.42. The van der Waals surface area contributed by atoms with Gasteiger partial charge in [-0.25, -0.2) is 18.7 Å². The van der Waals surface area contributed by atoms with Crippen molar-refractivity contribution in [1.82, 2.24) is 20.2 Å². The van der Waals surface area contributed by atoms with Crippen LogP contribution >= 0.6 is 24.0 Å². The number of likely N-dealkylation sites (N-methyl/N-ethyl adjacent to an activating group) is 1. The molecule has 0 saturated heterocycles. The number of nitrogens with one attached hydrogen (secondary N) is 1. The lowest BCUT2D eigenvalue weighted by molar-refractivity contribution is 0.145. The molecule has 0 spiro atoms. The first-order valence-electron chi connectivity index (χ1n) is 5.26. The molecule has 1 aliphatic heterocycles. The highest BCUT2D eigenvalue weighted by Crippen LogP contribution is 2.14. The van der Waals surface area contributed by atoms with E-state index in [1.54, 1.807) is 0 Å². The van der Waals surface area contributed by atoms with Crippen molar-refractivity contribution in [2.45, 2.75) is 13.0 Å². The maximum absolute atomic E-state index is 12.4. The molecule has 0 radical (unpaired) electrons. The molecule has 2 rings (SSSR count). The smallest absolute Gasteiger partial charge is 0.280 e. The Morgan fingerprint density at radius 3 is 2.89 bits per heavy atom. The molecule has 0 atom stereocenters. The van der Waals surface area contributed by atoms with Gasteiger partial charge in [0.1, 0.15) is 11.5 Å². The number of aliphatic imine (C=N–C) groups is 1. The Labute approximate surface area is 121 Å². The molecule has 5 nitrogen and oxygen atoms in total. The Bertz CT molecular complexity index is 426. The summed E-state index contributed by atoms with van der Waals surface area (Å²) in [5.74, 6) is 1.09. The number of nitrogens with zero attached hydrogens (tertiary/aromatic N) is 4. The summed E-state index contributed by atoms with van der Waals surface area (Å²) in [7, 11) is 1.91. The first kappa shape index (κ1) is 15.0. The minimum atomic E-state index is -2.57. The van der Waals surface area contributed by atoms with E-state index in [2.05, 4.69) is 20.3 Å². The monoisotopic (exact) mass is 369 g/mol. The van der Waals surface area contributed by atoms with E-state index in [9.17, 15) is 8.78 Å². The van der Waals surface area contributed by atoms with Gasteiger partial charge in [-0.2, -0.15) is 0 Å². The molecule has 8 heteroatoms. The van der Waals surface area contributed by atoms with Crippen LogP contribution in [0.5, 0.6) is 0 Å². The summed E-state index contributed by atoms with van der Waals surface area (Å²) < 4.78 is 24.8. The molecule has 0 aromatic carbocycles. The van der Waals surface area contributed by atoms with Gasteiger partial charge >= 0.3 is 0 Å². The third-order valence-corrected chi connectivity index (χ3v) is 2.41. The molecule has 0 unspecified atom stereocenters. The van der Waals surface area contributed by atoms with Crippen LogP contribution in [0, 0.1) is 0 Å². The summed E-state index contributed by atoms with van der Waals surface area (Å²) >= 11 is 0. The van der Waals surface area contributed by atoms with Crippen molar-refractivity contribution in [3.8, 4) is 0 Å². The third kappa shape index (κ3) is 3.72. The molecule has 0 amide bonds. The van der Waals surface area contributed by atoms with Crippen LogP contribution in [-0.4, -0.2) is 41.0 Å². The molecule has 1 aromatic rings. The maximum atomic E-state index is 12.4.